The van der Waals surface area contributed by atoms with Crippen molar-refractivity contribution in [2.75, 3.05) is 18.1 Å². The van der Waals surface area contributed by atoms with E-state index in [0.717, 1.165) is 29.7 Å². The van der Waals surface area contributed by atoms with Gasteiger partial charge < -0.3 is 9.64 Å². The smallest absolute Gasteiger partial charge is 0.306 e. The van der Waals surface area contributed by atoms with Gasteiger partial charge in [-0.05, 0) is 48.1 Å². The normalized spacial score (nSPS) is 14.5. The molecule has 1 unspecified atom stereocenters. The first-order chi connectivity index (χ1) is 12.5. The molecule has 0 saturated carbocycles. The minimum atomic E-state index is -0.430. The average molecular weight is 355 g/mol. The third-order valence-electron chi connectivity index (χ3n) is 4.68. The molecule has 0 N–H and O–H groups in total. The largest absolute Gasteiger partial charge is 0.456 e. The predicted molar refractivity (Wildman–Crippen MR) is 97.5 cm³/mol. The Morgan fingerprint density at radius 3 is 2.65 bits per heavy atom. The molecule has 0 saturated heterocycles. The van der Waals surface area contributed by atoms with Crippen LogP contribution in [0.15, 0.2) is 48.5 Å². The SMILES string of the molecule is CC(CC(=O)OCC(=O)N1CCCc2ccccc21)c1ccc(F)cc1. The van der Waals surface area contributed by atoms with Gasteiger partial charge in [0.25, 0.3) is 5.91 Å². The van der Waals surface area contributed by atoms with E-state index in [9.17, 15) is 14.0 Å². The second-order valence-corrected chi connectivity index (χ2v) is 6.60. The minimum absolute atomic E-state index is 0.103. The van der Waals surface area contributed by atoms with Crippen molar-refractivity contribution in [2.24, 2.45) is 0 Å². The Kier molecular flexibility index (Phi) is 5.66. The molecule has 0 fully saturated rings. The molecule has 0 bridgehead atoms. The molecule has 0 spiro atoms. The summed E-state index contributed by atoms with van der Waals surface area (Å²) in [6.45, 7) is 2.25. The molecule has 1 amide bonds. The van der Waals surface area contributed by atoms with Crippen LogP contribution in [0.4, 0.5) is 10.1 Å². The van der Waals surface area contributed by atoms with Crippen molar-refractivity contribution in [1.29, 1.82) is 0 Å². The lowest BCUT2D eigenvalue weighted by Crippen LogP contribution is -2.38. The number of carbonyl (C=O) groups is 2. The fourth-order valence-electron chi connectivity index (χ4n) is 3.23. The van der Waals surface area contributed by atoms with Crippen LogP contribution in [0, 0.1) is 5.82 Å². The zero-order valence-corrected chi connectivity index (χ0v) is 14.8. The molecular formula is C21H22FNO3. The van der Waals surface area contributed by atoms with E-state index in [1.54, 1.807) is 17.0 Å². The molecule has 5 heteroatoms. The lowest BCUT2D eigenvalue weighted by Gasteiger charge is -2.29. The number of fused-ring (bicyclic) bond motifs is 1. The second-order valence-electron chi connectivity index (χ2n) is 6.60. The number of nitrogens with zero attached hydrogens (tertiary/aromatic N) is 1. The van der Waals surface area contributed by atoms with Crippen LogP contribution in [0.1, 0.15) is 36.8 Å². The second kappa shape index (κ2) is 8.13. The standard InChI is InChI=1S/C21H22FNO3/c1-15(16-8-10-18(22)11-9-16)13-21(25)26-14-20(24)23-12-4-6-17-5-2-3-7-19(17)23/h2-3,5,7-11,15H,4,6,12-14H2,1H3. The molecule has 136 valence electrons. The molecular weight excluding hydrogens is 333 g/mol. The molecule has 3 rings (SSSR count). The molecule has 4 nitrogen and oxygen atoms in total. The van der Waals surface area contributed by atoms with Gasteiger partial charge in [-0.15, -0.1) is 0 Å². The van der Waals surface area contributed by atoms with Crippen LogP contribution >= 0.6 is 0 Å². The summed E-state index contributed by atoms with van der Waals surface area (Å²) in [5, 5.41) is 0. The number of ether oxygens (including phenoxy) is 1. The van der Waals surface area contributed by atoms with Crippen LogP contribution in [0.5, 0.6) is 0 Å². The van der Waals surface area contributed by atoms with E-state index in [0.29, 0.717) is 6.54 Å². The third kappa shape index (κ3) is 4.28. The van der Waals surface area contributed by atoms with E-state index in [4.69, 9.17) is 4.74 Å². The quantitative estimate of drug-likeness (QED) is 0.766. The molecule has 26 heavy (non-hydrogen) atoms. The third-order valence-corrected chi connectivity index (χ3v) is 4.68. The number of carbonyl (C=O) groups excluding carboxylic acids is 2. The Morgan fingerprint density at radius 2 is 1.88 bits per heavy atom. The van der Waals surface area contributed by atoms with Crippen LogP contribution in [-0.4, -0.2) is 25.0 Å². The van der Waals surface area contributed by atoms with E-state index < -0.39 is 5.97 Å². The number of hydrogen-bond donors (Lipinski definition) is 0. The summed E-state index contributed by atoms with van der Waals surface area (Å²) < 4.78 is 18.2. The van der Waals surface area contributed by atoms with Gasteiger partial charge in [0.1, 0.15) is 5.82 Å². The first-order valence-corrected chi connectivity index (χ1v) is 8.84. The number of anilines is 1. The summed E-state index contributed by atoms with van der Waals surface area (Å²) in [7, 11) is 0. The molecule has 0 aromatic heterocycles. The van der Waals surface area contributed by atoms with Crippen molar-refractivity contribution in [2.45, 2.75) is 32.1 Å². The number of aryl methyl sites for hydroxylation is 1. The molecule has 0 aliphatic carbocycles. The molecule has 1 aliphatic rings. The van der Waals surface area contributed by atoms with Gasteiger partial charge in [0.05, 0.1) is 6.42 Å². The molecule has 2 aromatic carbocycles. The topological polar surface area (TPSA) is 46.6 Å². The van der Waals surface area contributed by atoms with Crippen molar-refractivity contribution in [3.05, 3.63) is 65.5 Å². The van der Waals surface area contributed by atoms with Gasteiger partial charge in [0.15, 0.2) is 6.61 Å². The fourth-order valence-corrected chi connectivity index (χ4v) is 3.23. The first-order valence-electron chi connectivity index (χ1n) is 8.84. The van der Waals surface area contributed by atoms with Gasteiger partial charge >= 0.3 is 5.97 Å². The minimum Gasteiger partial charge on any atom is -0.456 e. The van der Waals surface area contributed by atoms with Crippen molar-refractivity contribution in [3.8, 4) is 0 Å². The van der Waals surface area contributed by atoms with Gasteiger partial charge in [-0.1, -0.05) is 37.3 Å². The summed E-state index contributed by atoms with van der Waals surface area (Å²) >= 11 is 0. The highest BCUT2D eigenvalue weighted by Crippen LogP contribution is 2.26. The molecule has 0 radical (unpaired) electrons. The number of amides is 1. The monoisotopic (exact) mass is 355 g/mol. The highest BCUT2D eigenvalue weighted by Gasteiger charge is 2.23. The molecule has 1 aliphatic heterocycles. The number of para-hydroxylation sites is 1. The van der Waals surface area contributed by atoms with Gasteiger partial charge in [0, 0.05) is 12.2 Å². The maximum absolute atomic E-state index is 13.0. The summed E-state index contributed by atoms with van der Waals surface area (Å²) in [6.07, 6.45) is 2.00. The van der Waals surface area contributed by atoms with Crippen molar-refractivity contribution in [3.63, 3.8) is 0 Å². The van der Waals surface area contributed by atoms with Crippen molar-refractivity contribution in [1.82, 2.24) is 0 Å². The lowest BCUT2D eigenvalue weighted by molar-refractivity contribution is -0.148. The van der Waals surface area contributed by atoms with Crippen LogP contribution in [0.25, 0.3) is 0 Å². The number of benzene rings is 2. The first kappa shape index (κ1) is 18.1. The highest BCUT2D eigenvalue weighted by atomic mass is 19.1. The van der Waals surface area contributed by atoms with Gasteiger partial charge in [-0.25, -0.2) is 4.39 Å². The van der Waals surface area contributed by atoms with E-state index in [1.165, 1.54) is 12.1 Å². The summed E-state index contributed by atoms with van der Waals surface area (Å²) in [5.41, 5.74) is 2.91. The lowest BCUT2D eigenvalue weighted by atomic mass is 9.98. The van der Waals surface area contributed by atoms with Gasteiger partial charge in [0.2, 0.25) is 0 Å². The Balaban J connectivity index is 1.53. The fraction of sp³-hybridized carbons (Fsp3) is 0.333. The zero-order chi connectivity index (χ0) is 18.5. The maximum Gasteiger partial charge on any atom is 0.306 e. The summed E-state index contributed by atoms with van der Waals surface area (Å²) in [6, 6.07) is 13.9. The average Bonchev–Trinajstić information content (AvgIpc) is 2.66. The zero-order valence-electron chi connectivity index (χ0n) is 14.8. The number of rotatable bonds is 5. The van der Waals surface area contributed by atoms with E-state index in [-0.39, 0.29) is 30.7 Å². The van der Waals surface area contributed by atoms with E-state index in [2.05, 4.69) is 0 Å². The molecule has 1 heterocycles. The van der Waals surface area contributed by atoms with E-state index in [1.807, 2.05) is 31.2 Å². The summed E-state index contributed by atoms with van der Waals surface area (Å²) in [4.78, 5) is 26.2. The van der Waals surface area contributed by atoms with Crippen LogP contribution in [0.2, 0.25) is 0 Å². The van der Waals surface area contributed by atoms with E-state index >= 15 is 0 Å². The predicted octanol–water partition coefficient (Wildman–Crippen LogP) is 3.84. The molecule has 1 atom stereocenters. The Bertz CT molecular complexity index is 788. The van der Waals surface area contributed by atoms with Crippen LogP contribution in [-0.2, 0) is 20.7 Å². The maximum atomic E-state index is 13.0. The summed E-state index contributed by atoms with van der Waals surface area (Å²) in [5.74, 6) is -1.05. The number of esters is 1. The van der Waals surface area contributed by atoms with Crippen LogP contribution in [0.3, 0.4) is 0 Å². The Morgan fingerprint density at radius 1 is 1.15 bits per heavy atom. The Labute approximate surface area is 152 Å². The number of halogens is 1. The van der Waals surface area contributed by atoms with Gasteiger partial charge in [-0.2, -0.15) is 0 Å². The van der Waals surface area contributed by atoms with Gasteiger partial charge in [-0.3, -0.25) is 9.59 Å². The Hall–Kier alpha value is -2.69. The van der Waals surface area contributed by atoms with Crippen molar-refractivity contribution >= 4 is 17.6 Å². The number of hydrogen-bond acceptors (Lipinski definition) is 3. The molecule has 2 aromatic rings. The van der Waals surface area contributed by atoms with Crippen molar-refractivity contribution < 1.29 is 18.7 Å². The van der Waals surface area contributed by atoms with Crippen LogP contribution < -0.4 is 4.90 Å². The highest BCUT2D eigenvalue weighted by molar-refractivity contribution is 5.96.